The molecule has 1 aliphatic heterocycles. The molecular weight excluding hydrogens is 354 g/mol. The van der Waals surface area contributed by atoms with E-state index in [2.05, 4.69) is 4.98 Å². The van der Waals surface area contributed by atoms with Crippen LogP contribution in [0.2, 0.25) is 0 Å². The molecule has 28 heavy (non-hydrogen) atoms. The van der Waals surface area contributed by atoms with Gasteiger partial charge in [0.1, 0.15) is 5.76 Å². The average molecular weight is 375 g/mol. The van der Waals surface area contributed by atoms with Gasteiger partial charge in [0.15, 0.2) is 0 Å². The Morgan fingerprint density at radius 3 is 2.82 bits per heavy atom. The number of hydrogen-bond donors (Lipinski definition) is 0. The molecule has 0 N–H and O–H groups in total. The van der Waals surface area contributed by atoms with Crippen molar-refractivity contribution >= 4 is 17.5 Å². The summed E-state index contributed by atoms with van der Waals surface area (Å²) in [5.74, 6) is 0.512. The number of rotatable bonds is 5. The molecule has 0 unspecified atom stereocenters. The zero-order valence-corrected chi connectivity index (χ0v) is 15.8. The van der Waals surface area contributed by atoms with Crippen molar-refractivity contribution < 1.29 is 14.0 Å². The molecule has 6 nitrogen and oxygen atoms in total. The van der Waals surface area contributed by atoms with Gasteiger partial charge in [-0.25, -0.2) is 0 Å². The summed E-state index contributed by atoms with van der Waals surface area (Å²) in [5, 5.41) is 0. The number of nitrogens with zero attached hydrogens (tertiary/aromatic N) is 3. The minimum atomic E-state index is -0.433. The Morgan fingerprint density at radius 2 is 2.07 bits per heavy atom. The summed E-state index contributed by atoms with van der Waals surface area (Å²) >= 11 is 0. The van der Waals surface area contributed by atoms with E-state index in [0.29, 0.717) is 23.6 Å². The van der Waals surface area contributed by atoms with Gasteiger partial charge in [0.05, 0.1) is 36.5 Å². The highest BCUT2D eigenvalue weighted by Gasteiger charge is 2.40. The van der Waals surface area contributed by atoms with Gasteiger partial charge in [-0.1, -0.05) is 12.1 Å². The van der Waals surface area contributed by atoms with E-state index in [1.54, 1.807) is 47.5 Å². The number of pyridine rings is 1. The topological polar surface area (TPSA) is 66.7 Å². The van der Waals surface area contributed by atoms with Gasteiger partial charge in [-0.05, 0) is 48.9 Å². The van der Waals surface area contributed by atoms with Crippen LogP contribution < -0.4 is 4.90 Å². The van der Waals surface area contributed by atoms with Gasteiger partial charge in [0.2, 0.25) is 5.91 Å². The highest BCUT2D eigenvalue weighted by Crippen LogP contribution is 2.38. The highest BCUT2D eigenvalue weighted by molar-refractivity contribution is 6.11. The van der Waals surface area contributed by atoms with E-state index in [4.69, 9.17) is 4.42 Å². The van der Waals surface area contributed by atoms with Crippen LogP contribution in [0, 0.1) is 6.92 Å². The summed E-state index contributed by atoms with van der Waals surface area (Å²) in [4.78, 5) is 33.7. The van der Waals surface area contributed by atoms with E-state index in [-0.39, 0.29) is 18.2 Å². The van der Waals surface area contributed by atoms with E-state index in [9.17, 15) is 9.59 Å². The van der Waals surface area contributed by atoms with Gasteiger partial charge in [-0.15, -0.1) is 0 Å². The molecule has 0 saturated heterocycles. The van der Waals surface area contributed by atoms with Crippen molar-refractivity contribution in [2.24, 2.45) is 0 Å². The van der Waals surface area contributed by atoms with Crippen molar-refractivity contribution in [2.75, 3.05) is 11.9 Å². The molecule has 2 amide bonds. The van der Waals surface area contributed by atoms with Gasteiger partial charge in [-0.2, -0.15) is 0 Å². The van der Waals surface area contributed by atoms with Crippen LogP contribution in [-0.4, -0.2) is 28.7 Å². The number of benzene rings is 1. The second kappa shape index (κ2) is 7.31. The SMILES string of the molecule is Cc1cccc(N2C(=O)c3cccnc3[C@@H]2CC(=O)N(C)Cc2ccco2)c1. The molecule has 6 heteroatoms. The Bertz CT molecular complexity index is 1010. The van der Waals surface area contributed by atoms with Crippen LogP contribution in [0.15, 0.2) is 65.4 Å². The average Bonchev–Trinajstić information content (AvgIpc) is 3.29. The van der Waals surface area contributed by atoms with E-state index in [1.165, 1.54) is 0 Å². The van der Waals surface area contributed by atoms with E-state index < -0.39 is 6.04 Å². The summed E-state index contributed by atoms with van der Waals surface area (Å²) in [5.41, 5.74) is 3.02. The van der Waals surface area contributed by atoms with Crippen LogP contribution in [0.3, 0.4) is 0 Å². The fourth-order valence-corrected chi connectivity index (χ4v) is 3.57. The number of amides is 2. The number of aryl methyl sites for hydroxylation is 1. The van der Waals surface area contributed by atoms with E-state index >= 15 is 0 Å². The van der Waals surface area contributed by atoms with Crippen molar-refractivity contribution in [1.82, 2.24) is 9.88 Å². The molecule has 0 fully saturated rings. The van der Waals surface area contributed by atoms with E-state index in [0.717, 1.165) is 11.3 Å². The molecule has 0 radical (unpaired) electrons. The Labute approximate surface area is 163 Å². The maximum absolute atomic E-state index is 13.1. The van der Waals surface area contributed by atoms with Crippen LogP contribution in [0.4, 0.5) is 5.69 Å². The molecule has 4 rings (SSSR count). The molecule has 1 atom stereocenters. The van der Waals surface area contributed by atoms with Crippen LogP contribution in [-0.2, 0) is 11.3 Å². The van der Waals surface area contributed by atoms with Crippen LogP contribution in [0.5, 0.6) is 0 Å². The molecule has 3 aromatic rings. The maximum Gasteiger partial charge on any atom is 0.260 e. The minimum absolute atomic E-state index is 0.0784. The van der Waals surface area contributed by atoms with E-state index in [1.807, 2.05) is 37.3 Å². The molecule has 2 aromatic heterocycles. The lowest BCUT2D eigenvalue weighted by Gasteiger charge is -2.26. The number of anilines is 1. The molecule has 1 aromatic carbocycles. The summed E-state index contributed by atoms with van der Waals surface area (Å²) < 4.78 is 5.33. The number of fused-ring (bicyclic) bond motifs is 1. The van der Waals surface area contributed by atoms with Crippen molar-refractivity contribution in [3.63, 3.8) is 0 Å². The normalized spacial score (nSPS) is 15.6. The quantitative estimate of drug-likeness (QED) is 0.681. The third kappa shape index (κ3) is 3.29. The zero-order chi connectivity index (χ0) is 19.7. The van der Waals surface area contributed by atoms with Crippen LogP contribution in [0.25, 0.3) is 0 Å². The van der Waals surface area contributed by atoms with Crippen LogP contribution in [0.1, 0.15) is 39.8 Å². The third-order valence-corrected chi connectivity index (χ3v) is 4.96. The largest absolute Gasteiger partial charge is 0.467 e. The third-order valence-electron chi connectivity index (χ3n) is 4.96. The molecule has 0 spiro atoms. The van der Waals surface area contributed by atoms with Gasteiger partial charge in [0, 0.05) is 18.9 Å². The second-order valence-electron chi connectivity index (χ2n) is 7.00. The van der Waals surface area contributed by atoms with Crippen molar-refractivity contribution in [3.8, 4) is 0 Å². The molecule has 0 saturated carbocycles. The minimum Gasteiger partial charge on any atom is -0.467 e. The lowest BCUT2D eigenvalue weighted by Crippen LogP contribution is -2.33. The zero-order valence-electron chi connectivity index (χ0n) is 15.8. The van der Waals surface area contributed by atoms with Gasteiger partial charge >= 0.3 is 0 Å². The molecular formula is C22H21N3O3. The fraction of sp³-hybridized carbons (Fsp3) is 0.227. The molecule has 0 bridgehead atoms. The molecule has 3 heterocycles. The second-order valence-corrected chi connectivity index (χ2v) is 7.00. The Hall–Kier alpha value is -3.41. The number of hydrogen-bond acceptors (Lipinski definition) is 4. The first-order valence-corrected chi connectivity index (χ1v) is 9.16. The molecule has 142 valence electrons. The van der Waals surface area contributed by atoms with Gasteiger partial charge in [0.25, 0.3) is 5.91 Å². The predicted molar refractivity (Wildman–Crippen MR) is 105 cm³/mol. The van der Waals surface area contributed by atoms with Crippen molar-refractivity contribution in [2.45, 2.75) is 25.9 Å². The lowest BCUT2D eigenvalue weighted by molar-refractivity contribution is -0.131. The molecule has 1 aliphatic rings. The standard InChI is InChI=1S/C22H21N3O3/c1-15-6-3-7-16(12-15)25-19(21-18(22(25)27)9-4-10-23-21)13-20(26)24(2)14-17-8-5-11-28-17/h3-12,19H,13-14H2,1-2H3/t19-/m0/s1. The molecule has 0 aliphatic carbocycles. The van der Waals surface area contributed by atoms with Gasteiger partial charge < -0.3 is 9.32 Å². The Balaban J connectivity index is 1.63. The Morgan fingerprint density at radius 1 is 1.21 bits per heavy atom. The summed E-state index contributed by atoms with van der Waals surface area (Å²) in [6.45, 7) is 2.36. The van der Waals surface area contributed by atoms with Crippen LogP contribution >= 0.6 is 0 Å². The first-order chi connectivity index (χ1) is 13.5. The summed E-state index contributed by atoms with van der Waals surface area (Å²) in [7, 11) is 1.73. The monoisotopic (exact) mass is 375 g/mol. The first-order valence-electron chi connectivity index (χ1n) is 9.16. The van der Waals surface area contributed by atoms with Gasteiger partial charge in [-0.3, -0.25) is 19.5 Å². The van der Waals surface area contributed by atoms with Crippen molar-refractivity contribution in [1.29, 1.82) is 0 Å². The summed E-state index contributed by atoms with van der Waals surface area (Å²) in [6, 6.07) is 14.4. The lowest BCUT2D eigenvalue weighted by atomic mass is 10.1. The smallest absolute Gasteiger partial charge is 0.260 e. The maximum atomic E-state index is 13.1. The number of aromatic nitrogens is 1. The fourth-order valence-electron chi connectivity index (χ4n) is 3.57. The Kier molecular flexibility index (Phi) is 4.69. The number of carbonyl (C=O) groups excluding carboxylic acids is 2. The first kappa shape index (κ1) is 18.0. The summed E-state index contributed by atoms with van der Waals surface area (Å²) in [6.07, 6.45) is 3.40. The van der Waals surface area contributed by atoms with Crippen molar-refractivity contribution in [3.05, 3.63) is 83.6 Å². The highest BCUT2D eigenvalue weighted by atomic mass is 16.3. The predicted octanol–water partition coefficient (Wildman–Crippen LogP) is 3.73. The number of carbonyl (C=O) groups is 2. The number of furan rings is 1.